The summed E-state index contributed by atoms with van der Waals surface area (Å²) in [6.07, 6.45) is 2.96. The van der Waals surface area contributed by atoms with Gasteiger partial charge in [0.25, 0.3) is 0 Å². The summed E-state index contributed by atoms with van der Waals surface area (Å²) in [5, 5.41) is 9.51. The topological polar surface area (TPSA) is 51.6 Å². The molecule has 1 N–H and O–H groups in total. The number of aliphatic hydroxyl groups excluding tert-OH is 1. The van der Waals surface area contributed by atoms with Crippen LogP contribution >= 0.6 is 0 Å². The minimum Gasteiger partial charge on any atom is -0.400 e. The van der Waals surface area contributed by atoms with Crippen LogP contribution in [0.25, 0.3) is 6.08 Å². The van der Waals surface area contributed by atoms with Crippen molar-refractivity contribution in [1.82, 2.24) is 4.98 Å². The Morgan fingerprint density at radius 2 is 1.95 bits per heavy atom. The van der Waals surface area contributed by atoms with E-state index in [1.165, 1.54) is 18.3 Å². The number of hydrogen-bond acceptors (Lipinski definition) is 4. The van der Waals surface area contributed by atoms with Crippen LogP contribution < -0.4 is 0 Å². The van der Waals surface area contributed by atoms with Gasteiger partial charge in [0.15, 0.2) is 0 Å². The summed E-state index contributed by atoms with van der Waals surface area (Å²) in [6, 6.07) is 2.56. The highest BCUT2D eigenvalue weighted by molar-refractivity contribution is 6.55. The van der Waals surface area contributed by atoms with Crippen molar-refractivity contribution >= 4 is 13.2 Å². The zero-order chi connectivity index (χ0) is 15.0. The number of aromatic nitrogens is 1. The van der Waals surface area contributed by atoms with E-state index in [9.17, 15) is 9.50 Å². The highest BCUT2D eigenvalue weighted by Gasteiger charge is 2.52. The largest absolute Gasteiger partial charge is 0.492 e. The van der Waals surface area contributed by atoms with Crippen molar-refractivity contribution < 1.29 is 18.8 Å². The van der Waals surface area contributed by atoms with Crippen molar-refractivity contribution in [3.05, 3.63) is 35.3 Å². The fourth-order valence-electron chi connectivity index (χ4n) is 1.87. The molecule has 2 rings (SSSR count). The molecule has 0 saturated carbocycles. The molecule has 0 spiro atoms. The lowest BCUT2D eigenvalue weighted by atomic mass is 9.78. The van der Waals surface area contributed by atoms with E-state index in [0.717, 1.165) is 0 Å². The predicted molar refractivity (Wildman–Crippen MR) is 75.3 cm³/mol. The molecule has 1 aliphatic heterocycles. The van der Waals surface area contributed by atoms with Crippen molar-refractivity contribution in [2.24, 2.45) is 0 Å². The normalized spacial score (nSPS) is 21.3. The summed E-state index contributed by atoms with van der Waals surface area (Å²) < 4.78 is 24.8. The lowest BCUT2D eigenvalue weighted by Gasteiger charge is -2.32. The van der Waals surface area contributed by atoms with Crippen LogP contribution in [0.15, 0.2) is 23.8 Å². The minimum atomic E-state index is -0.657. The van der Waals surface area contributed by atoms with E-state index < -0.39 is 18.3 Å². The van der Waals surface area contributed by atoms with Gasteiger partial charge >= 0.3 is 7.12 Å². The molecule has 6 heteroatoms. The van der Waals surface area contributed by atoms with E-state index in [4.69, 9.17) is 9.31 Å². The van der Waals surface area contributed by atoms with Gasteiger partial charge < -0.3 is 14.4 Å². The van der Waals surface area contributed by atoms with Gasteiger partial charge in [-0.3, -0.25) is 4.98 Å². The van der Waals surface area contributed by atoms with E-state index in [-0.39, 0.29) is 12.4 Å². The Balaban J connectivity index is 2.26. The summed E-state index contributed by atoms with van der Waals surface area (Å²) in [5.41, 5.74) is -0.0340. The van der Waals surface area contributed by atoms with Gasteiger partial charge in [-0.2, -0.15) is 0 Å². The Labute approximate surface area is 118 Å². The number of hydrogen-bond donors (Lipinski definition) is 1. The summed E-state index contributed by atoms with van der Waals surface area (Å²) in [6.45, 7) is 7.49. The first kappa shape index (κ1) is 15.2. The number of nitrogens with zero attached hydrogens (tertiary/aromatic N) is 1. The minimum absolute atomic E-state index is 0.241. The van der Waals surface area contributed by atoms with Gasteiger partial charge in [0.2, 0.25) is 0 Å². The van der Waals surface area contributed by atoms with Gasteiger partial charge in [0.05, 0.1) is 23.5 Å². The molecule has 20 heavy (non-hydrogen) atoms. The highest BCUT2D eigenvalue weighted by Crippen LogP contribution is 2.38. The second-order valence-corrected chi connectivity index (χ2v) is 5.86. The molecule has 1 fully saturated rings. The van der Waals surface area contributed by atoms with Crippen molar-refractivity contribution in [3.63, 3.8) is 0 Å². The van der Waals surface area contributed by atoms with Crippen molar-refractivity contribution in [1.29, 1.82) is 0 Å². The Morgan fingerprint density at radius 3 is 2.45 bits per heavy atom. The molecule has 1 aromatic rings. The van der Waals surface area contributed by atoms with Crippen LogP contribution in [0.5, 0.6) is 0 Å². The van der Waals surface area contributed by atoms with Crippen molar-refractivity contribution in [3.8, 4) is 0 Å². The van der Waals surface area contributed by atoms with Crippen LogP contribution in [-0.2, 0) is 9.31 Å². The van der Waals surface area contributed by atoms with Crippen LogP contribution in [0, 0.1) is 5.82 Å². The second-order valence-electron chi connectivity index (χ2n) is 5.86. The monoisotopic (exact) mass is 279 g/mol. The molecule has 0 aromatic carbocycles. The van der Waals surface area contributed by atoms with Gasteiger partial charge in [-0.05, 0) is 51.4 Å². The first-order chi connectivity index (χ1) is 9.25. The van der Waals surface area contributed by atoms with Gasteiger partial charge in [-0.1, -0.05) is 0 Å². The number of pyridine rings is 1. The van der Waals surface area contributed by atoms with E-state index in [0.29, 0.717) is 11.2 Å². The molecule has 1 saturated heterocycles. The van der Waals surface area contributed by atoms with Crippen LogP contribution in [0.3, 0.4) is 0 Å². The standard InChI is InChI=1S/C14H19BFNO3/c1-13(2)14(3,4)20-15(19-13)10(9-18)7-12-8-11(16)5-6-17-12/h5-8,18H,9H2,1-4H3. The quantitative estimate of drug-likeness (QED) is 0.862. The first-order valence-electron chi connectivity index (χ1n) is 6.54. The van der Waals surface area contributed by atoms with Crippen molar-refractivity contribution in [2.75, 3.05) is 6.61 Å². The Hall–Kier alpha value is -1.24. The molecule has 0 radical (unpaired) electrons. The Kier molecular flexibility index (Phi) is 4.00. The maximum absolute atomic E-state index is 13.2. The third-order valence-electron chi connectivity index (χ3n) is 3.81. The van der Waals surface area contributed by atoms with Gasteiger partial charge in [-0.25, -0.2) is 4.39 Å². The highest BCUT2D eigenvalue weighted by atomic mass is 19.1. The molecule has 1 aliphatic rings. The Bertz CT molecular complexity index is 515. The third-order valence-corrected chi connectivity index (χ3v) is 3.81. The smallest absolute Gasteiger partial charge is 0.400 e. The van der Waals surface area contributed by atoms with E-state index in [1.54, 1.807) is 6.08 Å². The average Bonchev–Trinajstić information content (AvgIpc) is 2.55. The summed E-state index contributed by atoms with van der Waals surface area (Å²) >= 11 is 0. The SMILES string of the molecule is CC1(C)OB(C(=Cc2cc(F)ccn2)CO)OC1(C)C. The molecule has 0 unspecified atom stereocenters. The average molecular weight is 279 g/mol. The van der Waals surface area contributed by atoms with Gasteiger partial charge in [-0.15, -0.1) is 0 Å². The first-order valence-corrected chi connectivity index (χ1v) is 6.54. The van der Waals surface area contributed by atoms with Crippen LogP contribution in [0.4, 0.5) is 4.39 Å². The molecule has 0 aliphatic carbocycles. The lowest BCUT2D eigenvalue weighted by Crippen LogP contribution is -2.41. The van der Waals surface area contributed by atoms with E-state index >= 15 is 0 Å². The zero-order valence-electron chi connectivity index (χ0n) is 12.2. The number of halogens is 1. The van der Waals surface area contributed by atoms with Crippen LogP contribution in [0.2, 0.25) is 0 Å². The lowest BCUT2D eigenvalue weighted by molar-refractivity contribution is 0.00578. The Morgan fingerprint density at radius 1 is 1.35 bits per heavy atom. The second kappa shape index (κ2) is 5.28. The maximum atomic E-state index is 13.2. The van der Waals surface area contributed by atoms with Gasteiger partial charge in [0, 0.05) is 6.20 Å². The summed E-state index contributed by atoms with van der Waals surface area (Å²) in [7, 11) is -0.657. The molecule has 108 valence electrons. The third kappa shape index (κ3) is 2.92. The molecule has 0 atom stereocenters. The molecular weight excluding hydrogens is 260 g/mol. The molecule has 4 nitrogen and oxygen atoms in total. The summed E-state index contributed by atoms with van der Waals surface area (Å²) in [5.74, 6) is -0.377. The van der Waals surface area contributed by atoms with Crippen LogP contribution in [0.1, 0.15) is 33.4 Å². The van der Waals surface area contributed by atoms with Crippen molar-refractivity contribution in [2.45, 2.75) is 38.9 Å². The molecule has 2 heterocycles. The summed E-state index contributed by atoms with van der Waals surface area (Å²) in [4.78, 5) is 4.03. The van der Waals surface area contributed by atoms with E-state index in [2.05, 4.69) is 4.98 Å². The fraction of sp³-hybridized carbons (Fsp3) is 0.500. The maximum Gasteiger partial charge on any atom is 0.492 e. The predicted octanol–water partition coefficient (Wildman–Crippen LogP) is 2.23. The van der Waals surface area contributed by atoms with Crippen LogP contribution in [-0.4, -0.2) is 35.0 Å². The molecule has 0 amide bonds. The van der Waals surface area contributed by atoms with Gasteiger partial charge in [0.1, 0.15) is 5.82 Å². The zero-order valence-corrected chi connectivity index (χ0v) is 12.2. The molecule has 1 aromatic heterocycles. The molecular formula is C14H19BFNO3. The number of aliphatic hydroxyl groups is 1. The molecule has 0 bridgehead atoms. The fourth-order valence-corrected chi connectivity index (χ4v) is 1.87. The number of rotatable bonds is 3. The van der Waals surface area contributed by atoms with E-state index in [1.807, 2.05) is 27.7 Å².